The zero-order valence-electron chi connectivity index (χ0n) is 23.0. The topological polar surface area (TPSA) is 70.1 Å². The number of rotatable bonds is 6. The molecule has 4 aromatic carbocycles. The van der Waals surface area contributed by atoms with Crippen molar-refractivity contribution in [2.24, 2.45) is 0 Å². The fraction of sp³-hybridized carbons (Fsp3) is 0.257. The van der Waals surface area contributed by atoms with Crippen LogP contribution in [0.5, 0.6) is 5.75 Å². The molecule has 41 heavy (non-hydrogen) atoms. The summed E-state index contributed by atoms with van der Waals surface area (Å²) in [6.07, 6.45) is 2.42. The molecule has 6 heteroatoms. The van der Waals surface area contributed by atoms with Crippen LogP contribution < -0.4 is 9.64 Å². The summed E-state index contributed by atoms with van der Waals surface area (Å²) in [5, 5.41) is 9.77. The lowest BCUT2D eigenvalue weighted by molar-refractivity contribution is -0.128. The lowest BCUT2D eigenvalue weighted by atomic mass is 9.61. The lowest BCUT2D eigenvalue weighted by Gasteiger charge is -2.53. The molecule has 0 saturated heterocycles. The molecule has 4 aromatic rings. The number of hydrogen-bond acceptors (Lipinski definition) is 4. The summed E-state index contributed by atoms with van der Waals surface area (Å²) >= 11 is 0. The van der Waals surface area contributed by atoms with Gasteiger partial charge in [-0.3, -0.25) is 9.59 Å². The molecule has 2 heterocycles. The van der Waals surface area contributed by atoms with Gasteiger partial charge in [0.25, 0.3) is 5.91 Å². The molecule has 7 rings (SSSR count). The van der Waals surface area contributed by atoms with Crippen LogP contribution in [0, 0.1) is 0 Å². The minimum atomic E-state index is -1.04. The van der Waals surface area contributed by atoms with E-state index in [1.807, 2.05) is 94.7 Å². The Morgan fingerprint density at radius 2 is 1.59 bits per heavy atom. The monoisotopic (exact) mass is 544 g/mol. The van der Waals surface area contributed by atoms with Gasteiger partial charge in [-0.15, -0.1) is 0 Å². The van der Waals surface area contributed by atoms with Gasteiger partial charge in [-0.2, -0.15) is 0 Å². The summed E-state index contributed by atoms with van der Waals surface area (Å²) in [6.45, 7) is 0.203. The summed E-state index contributed by atoms with van der Waals surface area (Å²) in [5.41, 5.74) is 4.91. The van der Waals surface area contributed by atoms with Crippen LogP contribution in [0.2, 0.25) is 0 Å². The van der Waals surface area contributed by atoms with Crippen molar-refractivity contribution >= 4 is 17.5 Å². The maximum Gasteiger partial charge on any atom is 0.255 e. The Hall–Kier alpha value is -4.42. The first-order chi connectivity index (χ1) is 20.1. The van der Waals surface area contributed by atoms with E-state index in [1.165, 1.54) is 0 Å². The number of aliphatic hydroxyl groups is 1. The standard InChI is InChI=1S/C35H32N2O4/c1-41-31-13-7-3-9-26(31)21-36-32(24-16-14-23(22-38)15-17-24)35(29-11-5-4-10-28(29)33(36)39)20-25-8-2-6-12-30(25)37(34(35)40)27-18-19-27/h2-17,27,32,38H,18-22H2,1H3/t32-,35-/m0/s1. The summed E-state index contributed by atoms with van der Waals surface area (Å²) in [7, 11) is 1.63. The van der Waals surface area contributed by atoms with Crippen LogP contribution in [0.4, 0.5) is 5.69 Å². The van der Waals surface area contributed by atoms with Crippen molar-refractivity contribution in [1.29, 1.82) is 0 Å². The van der Waals surface area contributed by atoms with Crippen LogP contribution in [0.1, 0.15) is 57.1 Å². The number of methoxy groups -OCH3 is 1. The van der Waals surface area contributed by atoms with E-state index >= 15 is 4.79 Å². The molecular formula is C35H32N2O4. The molecule has 2 amide bonds. The normalized spacial score (nSPS) is 21.6. The van der Waals surface area contributed by atoms with Crippen molar-refractivity contribution < 1.29 is 19.4 Å². The van der Waals surface area contributed by atoms with Crippen LogP contribution >= 0.6 is 0 Å². The molecule has 1 N–H and O–H groups in total. The van der Waals surface area contributed by atoms with Gasteiger partial charge >= 0.3 is 0 Å². The average molecular weight is 545 g/mol. The zero-order valence-corrected chi connectivity index (χ0v) is 23.0. The van der Waals surface area contributed by atoms with Crippen molar-refractivity contribution in [2.75, 3.05) is 12.0 Å². The van der Waals surface area contributed by atoms with Gasteiger partial charge in [-0.1, -0.05) is 78.9 Å². The number of para-hydroxylation sites is 2. The Bertz CT molecular complexity index is 1640. The minimum Gasteiger partial charge on any atom is -0.496 e. The maximum absolute atomic E-state index is 15.2. The molecule has 0 aromatic heterocycles. The second-order valence-corrected chi connectivity index (χ2v) is 11.3. The van der Waals surface area contributed by atoms with E-state index < -0.39 is 11.5 Å². The highest BCUT2D eigenvalue weighted by Crippen LogP contribution is 2.55. The number of carbonyl (C=O) groups is 2. The number of hydrogen-bond donors (Lipinski definition) is 1. The fourth-order valence-corrected chi connectivity index (χ4v) is 6.91. The van der Waals surface area contributed by atoms with E-state index in [0.717, 1.165) is 46.3 Å². The summed E-state index contributed by atoms with van der Waals surface area (Å²) in [4.78, 5) is 33.5. The number of nitrogens with zero attached hydrogens (tertiary/aromatic N) is 2. The van der Waals surface area contributed by atoms with Gasteiger partial charge in [0, 0.05) is 22.9 Å². The first kappa shape index (κ1) is 25.5. The predicted octanol–water partition coefficient (Wildman–Crippen LogP) is 5.57. The highest BCUT2D eigenvalue weighted by Gasteiger charge is 2.60. The van der Waals surface area contributed by atoms with Gasteiger partial charge in [0.2, 0.25) is 5.91 Å². The number of anilines is 1. The Balaban J connectivity index is 1.50. The van der Waals surface area contributed by atoms with Crippen molar-refractivity contribution in [3.8, 4) is 5.75 Å². The molecule has 1 aliphatic carbocycles. The maximum atomic E-state index is 15.2. The largest absolute Gasteiger partial charge is 0.496 e. The quantitative estimate of drug-likeness (QED) is 0.344. The first-order valence-electron chi connectivity index (χ1n) is 14.2. The Kier molecular flexibility index (Phi) is 6.16. The number of aliphatic hydroxyl groups excluding tert-OH is 1. The van der Waals surface area contributed by atoms with E-state index in [2.05, 4.69) is 12.1 Å². The van der Waals surface area contributed by atoms with Gasteiger partial charge in [-0.05, 0) is 59.7 Å². The van der Waals surface area contributed by atoms with Crippen molar-refractivity contribution in [3.63, 3.8) is 0 Å². The van der Waals surface area contributed by atoms with E-state index in [0.29, 0.717) is 17.7 Å². The third kappa shape index (κ3) is 3.97. The van der Waals surface area contributed by atoms with Crippen LogP contribution in [-0.4, -0.2) is 35.0 Å². The SMILES string of the molecule is COc1ccccc1CN1C(=O)c2ccccc2[C@@]2(Cc3ccccc3N(C3CC3)C2=O)[C@@H]1c1ccc(CO)cc1. The predicted molar refractivity (Wildman–Crippen MR) is 157 cm³/mol. The molecule has 3 aliphatic rings. The van der Waals surface area contributed by atoms with Gasteiger partial charge in [-0.25, -0.2) is 0 Å². The first-order valence-corrected chi connectivity index (χ1v) is 14.2. The Morgan fingerprint density at radius 3 is 2.34 bits per heavy atom. The third-order valence-electron chi connectivity index (χ3n) is 8.92. The molecule has 1 fully saturated rings. The molecule has 6 nitrogen and oxygen atoms in total. The molecular weight excluding hydrogens is 512 g/mol. The third-order valence-corrected chi connectivity index (χ3v) is 8.92. The smallest absolute Gasteiger partial charge is 0.255 e. The number of amides is 2. The van der Waals surface area contributed by atoms with Crippen LogP contribution in [0.3, 0.4) is 0 Å². The molecule has 0 unspecified atom stereocenters. The van der Waals surface area contributed by atoms with Crippen molar-refractivity contribution in [1.82, 2.24) is 4.90 Å². The minimum absolute atomic E-state index is 0.0416. The molecule has 1 saturated carbocycles. The van der Waals surface area contributed by atoms with E-state index in [1.54, 1.807) is 7.11 Å². The zero-order chi connectivity index (χ0) is 28.1. The van der Waals surface area contributed by atoms with Gasteiger partial charge in [0.05, 0.1) is 26.3 Å². The Labute approximate surface area is 239 Å². The van der Waals surface area contributed by atoms with E-state index in [9.17, 15) is 9.90 Å². The van der Waals surface area contributed by atoms with Crippen LogP contribution in [0.15, 0.2) is 97.1 Å². The molecule has 0 bridgehead atoms. The van der Waals surface area contributed by atoms with Crippen molar-refractivity contribution in [3.05, 3.63) is 130 Å². The summed E-state index contributed by atoms with van der Waals surface area (Å²) in [5.74, 6) is 0.625. The van der Waals surface area contributed by atoms with Gasteiger partial charge in [0.15, 0.2) is 0 Å². The fourth-order valence-electron chi connectivity index (χ4n) is 6.91. The van der Waals surface area contributed by atoms with Crippen molar-refractivity contribution in [2.45, 2.75) is 49.9 Å². The summed E-state index contributed by atoms with van der Waals surface area (Å²) in [6, 6.07) is 30.8. The number of ether oxygens (including phenoxy) is 1. The molecule has 1 spiro atoms. The summed E-state index contributed by atoms with van der Waals surface area (Å²) < 4.78 is 5.68. The van der Waals surface area contributed by atoms with Gasteiger partial charge in [0.1, 0.15) is 11.2 Å². The van der Waals surface area contributed by atoms with E-state index in [-0.39, 0.29) is 31.0 Å². The van der Waals surface area contributed by atoms with Crippen LogP contribution in [-0.2, 0) is 29.8 Å². The number of benzene rings is 4. The van der Waals surface area contributed by atoms with E-state index in [4.69, 9.17) is 4.74 Å². The lowest BCUT2D eigenvalue weighted by Crippen LogP contribution is -2.62. The molecule has 2 aliphatic heterocycles. The second-order valence-electron chi connectivity index (χ2n) is 11.3. The highest BCUT2D eigenvalue weighted by atomic mass is 16.5. The molecule has 206 valence electrons. The number of fused-ring (bicyclic) bond motifs is 3. The second kappa shape index (κ2) is 9.89. The molecule has 0 radical (unpaired) electrons. The molecule has 2 atom stereocenters. The average Bonchev–Trinajstić information content (AvgIpc) is 3.86. The number of carbonyl (C=O) groups excluding carboxylic acids is 2. The van der Waals surface area contributed by atoms with Crippen LogP contribution in [0.25, 0.3) is 0 Å². The highest BCUT2D eigenvalue weighted by molar-refractivity contribution is 6.10. The Morgan fingerprint density at radius 1 is 0.878 bits per heavy atom. The van der Waals surface area contributed by atoms with Gasteiger partial charge < -0.3 is 19.6 Å².